The maximum absolute atomic E-state index is 10.9. The highest BCUT2D eigenvalue weighted by Crippen LogP contribution is 1.88. The van der Waals surface area contributed by atoms with E-state index in [4.69, 9.17) is 4.74 Å². The van der Waals surface area contributed by atoms with Crippen LogP contribution in [0.3, 0.4) is 0 Å². The van der Waals surface area contributed by atoms with Crippen molar-refractivity contribution in [3.8, 4) is 0 Å². The molecule has 7 heteroatoms. The van der Waals surface area contributed by atoms with Crippen molar-refractivity contribution in [2.24, 2.45) is 0 Å². The minimum absolute atomic E-state index is 0.0364. The van der Waals surface area contributed by atoms with Crippen molar-refractivity contribution in [3.63, 3.8) is 0 Å². The monoisotopic (exact) mass is 224 g/mol. The lowest BCUT2D eigenvalue weighted by atomic mass is 10.5. The molecule has 0 spiro atoms. The number of hydrogen-bond acceptors (Lipinski definition) is 4. The maximum Gasteiger partial charge on any atom is 0.407 e. The average molecular weight is 224 g/mol. The van der Waals surface area contributed by atoms with Crippen LogP contribution < -0.4 is 10.0 Å². The molecule has 0 saturated carbocycles. The van der Waals surface area contributed by atoms with Crippen molar-refractivity contribution in [1.82, 2.24) is 10.0 Å². The van der Waals surface area contributed by atoms with E-state index in [2.05, 4.69) is 10.0 Å². The molecule has 0 radical (unpaired) electrons. The first kappa shape index (κ1) is 13.2. The van der Waals surface area contributed by atoms with Crippen molar-refractivity contribution >= 4 is 16.1 Å². The van der Waals surface area contributed by atoms with E-state index < -0.39 is 16.1 Å². The Hall–Kier alpha value is -0.820. The summed E-state index contributed by atoms with van der Waals surface area (Å²) in [7, 11) is -1.94. The van der Waals surface area contributed by atoms with Gasteiger partial charge in [-0.2, -0.15) is 0 Å². The molecule has 0 aromatic heterocycles. The zero-order valence-electron chi connectivity index (χ0n) is 8.53. The van der Waals surface area contributed by atoms with Crippen molar-refractivity contribution in [3.05, 3.63) is 0 Å². The van der Waals surface area contributed by atoms with Gasteiger partial charge in [0.15, 0.2) is 0 Å². The van der Waals surface area contributed by atoms with E-state index in [0.717, 1.165) is 0 Å². The summed E-state index contributed by atoms with van der Waals surface area (Å²) in [5.74, 6) is -0.156. The second kappa shape index (κ2) is 5.82. The van der Waals surface area contributed by atoms with E-state index in [1.807, 2.05) is 0 Å². The van der Waals surface area contributed by atoms with Gasteiger partial charge in [0.05, 0.1) is 11.9 Å². The average Bonchev–Trinajstić information content (AvgIpc) is 2.02. The summed E-state index contributed by atoms with van der Waals surface area (Å²) in [4.78, 5) is 10.9. The Morgan fingerprint density at radius 2 is 2.00 bits per heavy atom. The second-order valence-electron chi connectivity index (χ2n) is 2.90. The Kier molecular flexibility index (Phi) is 5.47. The molecule has 84 valence electrons. The minimum atomic E-state index is -3.26. The van der Waals surface area contributed by atoms with Gasteiger partial charge < -0.3 is 10.1 Å². The zero-order chi connectivity index (χ0) is 11.2. The molecular formula is C7H16N2O4S. The fourth-order valence-corrected chi connectivity index (χ4v) is 1.22. The number of amides is 1. The fraction of sp³-hybridized carbons (Fsp3) is 0.857. The molecule has 0 aromatic carbocycles. The smallest absolute Gasteiger partial charge is 0.407 e. The van der Waals surface area contributed by atoms with Crippen LogP contribution in [0.4, 0.5) is 4.79 Å². The molecule has 0 rings (SSSR count). The van der Waals surface area contributed by atoms with Crippen LogP contribution in [-0.2, 0) is 14.8 Å². The third-order valence-corrected chi connectivity index (χ3v) is 2.66. The van der Waals surface area contributed by atoms with E-state index >= 15 is 0 Å². The molecule has 0 atom stereocenters. The van der Waals surface area contributed by atoms with Crippen LogP contribution in [0.15, 0.2) is 0 Å². The van der Waals surface area contributed by atoms with Crippen LogP contribution in [0.25, 0.3) is 0 Å². The zero-order valence-corrected chi connectivity index (χ0v) is 9.35. The summed E-state index contributed by atoms with van der Waals surface area (Å²) >= 11 is 0. The molecule has 2 N–H and O–H groups in total. The van der Waals surface area contributed by atoms with E-state index in [9.17, 15) is 13.2 Å². The highest BCUT2D eigenvalue weighted by atomic mass is 32.2. The lowest BCUT2D eigenvalue weighted by Crippen LogP contribution is -2.34. The highest BCUT2D eigenvalue weighted by Gasteiger charge is 2.08. The number of rotatable bonds is 5. The third-order valence-electron chi connectivity index (χ3n) is 1.29. The van der Waals surface area contributed by atoms with E-state index in [1.54, 1.807) is 13.8 Å². The predicted molar refractivity (Wildman–Crippen MR) is 52.5 cm³/mol. The van der Waals surface area contributed by atoms with Crippen molar-refractivity contribution in [1.29, 1.82) is 0 Å². The molecule has 1 amide bonds. The van der Waals surface area contributed by atoms with Gasteiger partial charge in [-0.25, -0.2) is 17.9 Å². The third kappa shape index (κ3) is 6.67. The first-order valence-corrected chi connectivity index (χ1v) is 5.88. The molecule has 0 fully saturated rings. The molecule has 0 saturated heterocycles. The molecule has 0 unspecified atom stereocenters. The quantitative estimate of drug-likeness (QED) is 0.669. The Labute approximate surface area is 84.1 Å². The Bertz CT molecular complexity index is 273. The second-order valence-corrected chi connectivity index (χ2v) is 4.95. The first-order chi connectivity index (χ1) is 6.37. The Morgan fingerprint density at radius 3 is 2.43 bits per heavy atom. The van der Waals surface area contributed by atoms with E-state index in [-0.39, 0.29) is 18.4 Å². The molecule has 0 heterocycles. The molecule has 0 aliphatic rings. The number of carbonyl (C=O) groups excluding carboxylic acids is 1. The number of hydrogen-bond donors (Lipinski definition) is 2. The number of ether oxygens (including phenoxy) is 1. The lowest BCUT2D eigenvalue weighted by Gasteiger charge is -2.09. The SMILES string of the molecule is CNS(=O)(=O)CCNC(=O)OC(C)C. The van der Waals surface area contributed by atoms with Crippen LogP contribution >= 0.6 is 0 Å². The van der Waals surface area contributed by atoms with Gasteiger partial charge in [-0.15, -0.1) is 0 Å². The number of sulfonamides is 1. The van der Waals surface area contributed by atoms with Crippen LogP contribution in [0, 0.1) is 0 Å². The van der Waals surface area contributed by atoms with Gasteiger partial charge in [0.2, 0.25) is 10.0 Å². The van der Waals surface area contributed by atoms with Gasteiger partial charge in [0, 0.05) is 6.54 Å². The van der Waals surface area contributed by atoms with Crippen molar-refractivity contribution in [2.45, 2.75) is 20.0 Å². The number of nitrogens with one attached hydrogen (secondary N) is 2. The van der Waals surface area contributed by atoms with Gasteiger partial charge in [-0.05, 0) is 20.9 Å². The normalized spacial score (nSPS) is 11.4. The van der Waals surface area contributed by atoms with Crippen LogP contribution in [-0.4, -0.2) is 40.0 Å². The summed E-state index contributed by atoms with van der Waals surface area (Å²) in [6.45, 7) is 3.46. The maximum atomic E-state index is 10.9. The number of alkyl carbamates (subject to hydrolysis) is 1. The molecule has 0 bridgehead atoms. The molecule has 6 nitrogen and oxygen atoms in total. The highest BCUT2D eigenvalue weighted by molar-refractivity contribution is 7.89. The summed E-state index contributed by atoms with van der Waals surface area (Å²) < 4.78 is 28.7. The van der Waals surface area contributed by atoms with Gasteiger partial charge in [-0.1, -0.05) is 0 Å². The van der Waals surface area contributed by atoms with E-state index in [1.165, 1.54) is 7.05 Å². The molecule has 0 aromatic rings. The standard InChI is InChI=1S/C7H16N2O4S/c1-6(2)13-7(10)9-4-5-14(11,12)8-3/h6,8H,4-5H2,1-3H3,(H,9,10). The topological polar surface area (TPSA) is 84.5 Å². The van der Waals surface area contributed by atoms with Crippen LogP contribution in [0.1, 0.15) is 13.8 Å². The summed E-state index contributed by atoms with van der Waals surface area (Å²) in [5.41, 5.74) is 0. The Balaban J connectivity index is 3.70. The predicted octanol–water partition coefficient (Wildman–Crippen LogP) is -0.330. The largest absolute Gasteiger partial charge is 0.447 e. The molecule has 0 aliphatic carbocycles. The fourth-order valence-electron chi connectivity index (χ4n) is 0.645. The van der Waals surface area contributed by atoms with Gasteiger partial charge in [-0.3, -0.25) is 0 Å². The molecule has 0 aliphatic heterocycles. The van der Waals surface area contributed by atoms with Gasteiger partial charge in [0.1, 0.15) is 0 Å². The molecule has 14 heavy (non-hydrogen) atoms. The summed E-state index contributed by atoms with van der Waals surface area (Å²) in [6, 6.07) is 0. The molecular weight excluding hydrogens is 208 g/mol. The first-order valence-electron chi connectivity index (χ1n) is 4.23. The van der Waals surface area contributed by atoms with E-state index in [0.29, 0.717) is 0 Å². The summed E-state index contributed by atoms with van der Waals surface area (Å²) in [5, 5.41) is 2.32. The minimum Gasteiger partial charge on any atom is -0.447 e. The van der Waals surface area contributed by atoms with Gasteiger partial charge in [0.25, 0.3) is 0 Å². The van der Waals surface area contributed by atoms with Crippen LogP contribution in [0.5, 0.6) is 0 Å². The van der Waals surface area contributed by atoms with Gasteiger partial charge >= 0.3 is 6.09 Å². The number of carbonyl (C=O) groups is 1. The Morgan fingerprint density at radius 1 is 1.43 bits per heavy atom. The van der Waals surface area contributed by atoms with Crippen molar-refractivity contribution in [2.75, 3.05) is 19.3 Å². The van der Waals surface area contributed by atoms with Crippen LogP contribution in [0.2, 0.25) is 0 Å². The van der Waals surface area contributed by atoms with Crippen molar-refractivity contribution < 1.29 is 17.9 Å². The lowest BCUT2D eigenvalue weighted by molar-refractivity contribution is 0.116. The summed E-state index contributed by atoms with van der Waals surface area (Å²) in [6.07, 6.45) is -0.817.